The van der Waals surface area contributed by atoms with Gasteiger partial charge in [0.05, 0.1) is 7.11 Å². The molecule has 0 unspecified atom stereocenters. The maximum atomic E-state index is 14.7. The van der Waals surface area contributed by atoms with Crippen molar-refractivity contribution in [3.05, 3.63) is 63.4 Å². The van der Waals surface area contributed by atoms with Crippen molar-refractivity contribution >= 4 is 33.7 Å². The van der Waals surface area contributed by atoms with Gasteiger partial charge < -0.3 is 20.7 Å². The molecule has 3 rings (SSSR count). The standard InChI is InChI=1S/C27H35BrFN5O3/c1-37-24-10-8-20(28)17-19(24)7-9-21-22(5-4-6-23(21)29)26(36)33-27(31)32-13-2-3-14-34-15-11-18(12-16-34)25(30)35/h4-6,8,10,17-18H,2-3,7,9,11-16H2,1H3,(H2,30,35)(H3,31,32,33,36). The Morgan fingerprint density at radius 1 is 1.19 bits per heavy atom. The number of piperidine rings is 1. The summed E-state index contributed by atoms with van der Waals surface area (Å²) in [5, 5.41) is 13.5. The highest BCUT2D eigenvalue weighted by Gasteiger charge is 2.22. The third-order valence-corrected chi connectivity index (χ3v) is 7.17. The Morgan fingerprint density at radius 3 is 2.65 bits per heavy atom. The van der Waals surface area contributed by atoms with Crippen LogP contribution in [0.15, 0.2) is 40.9 Å². The molecule has 1 fully saturated rings. The summed E-state index contributed by atoms with van der Waals surface area (Å²) in [6, 6.07) is 10.0. The molecule has 0 saturated carbocycles. The molecule has 1 heterocycles. The fraction of sp³-hybridized carbons (Fsp3) is 0.444. The Kier molecular flexibility index (Phi) is 10.9. The van der Waals surface area contributed by atoms with Crippen LogP contribution in [-0.2, 0) is 17.6 Å². The largest absolute Gasteiger partial charge is 0.496 e. The number of amides is 2. The van der Waals surface area contributed by atoms with Crippen LogP contribution in [-0.4, -0.2) is 56.0 Å². The van der Waals surface area contributed by atoms with Crippen molar-refractivity contribution in [2.45, 2.75) is 38.5 Å². The molecule has 0 radical (unpaired) electrons. The Morgan fingerprint density at radius 2 is 1.95 bits per heavy atom. The number of nitrogens with two attached hydrogens (primary N) is 1. The number of nitrogens with one attached hydrogen (secondary N) is 3. The van der Waals surface area contributed by atoms with Gasteiger partial charge in [-0.2, -0.15) is 0 Å². The number of halogens is 2. The van der Waals surface area contributed by atoms with E-state index in [0.29, 0.717) is 30.7 Å². The molecule has 2 aromatic rings. The zero-order chi connectivity index (χ0) is 26.8. The molecule has 1 aliphatic heterocycles. The van der Waals surface area contributed by atoms with Gasteiger partial charge in [-0.05, 0) is 94.1 Å². The zero-order valence-corrected chi connectivity index (χ0v) is 22.7. The summed E-state index contributed by atoms with van der Waals surface area (Å²) in [6.45, 7) is 3.20. The lowest BCUT2D eigenvalue weighted by Gasteiger charge is -2.30. The normalized spacial score (nSPS) is 14.2. The van der Waals surface area contributed by atoms with E-state index in [0.717, 1.165) is 55.4 Å². The molecule has 200 valence electrons. The van der Waals surface area contributed by atoms with Gasteiger partial charge >= 0.3 is 0 Å². The van der Waals surface area contributed by atoms with E-state index in [1.807, 2.05) is 18.2 Å². The third-order valence-electron chi connectivity index (χ3n) is 6.68. The Labute approximate surface area is 225 Å². The van der Waals surface area contributed by atoms with Crippen LogP contribution in [0.25, 0.3) is 0 Å². The number of benzene rings is 2. The number of nitrogens with zero attached hydrogens (tertiary/aromatic N) is 1. The van der Waals surface area contributed by atoms with E-state index in [9.17, 15) is 14.0 Å². The number of likely N-dealkylation sites (tertiary alicyclic amines) is 1. The molecular weight excluding hydrogens is 541 g/mol. The molecule has 0 spiro atoms. The highest BCUT2D eigenvalue weighted by molar-refractivity contribution is 9.10. The maximum absolute atomic E-state index is 14.7. The smallest absolute Gasteiger partial charge is 0.258 e. The molecule has 8 nitrogen and oxygen atoms in total. The number of carbonyl (C=O) groups is 2. The van der Waals surface area contributed by atoms with E-state index in [4.69, 9.17) is 15.9 Å². The molecule has 5 N–H and O–H groups in total. The van der Waals surface area contributed by atoms with E-state index >= 15 is 0 Å². The second-order valence-electron chi connectivity index (χ2n) is 9.20. The van der Waals surface area contributed by atoms with E-state index in [1.165, 1.54) is 12.1 Å². The number of hydrogen-bond donors (Lipinski definition) is 4. The number of carbonyl (C=O) groups excluding carboxylic acids is 2. The molecule has 0 bridgehead atoms. The Bertz CT molecular complexity index is 1110. The fourth-order valence-electron chi connectivity index (χ4n) is 4.57. The Hall–Kier alpha value is -2.98. The summed E-state index contributed by atoms with van der Waals surface area (Å²) in [6.07, 6.45) is 4.17. The average molecular weight is 577 g/mol. The highest BCUT2D eigenvalue weighted by atomic mass is 79.9. The number of primary amides is 1. The molecule has 2 amide bonds. The second kappa shape index (κ2) is 14.1. The number of guanidine groups is 1. The second-order valence-corrected chi connectivity index (χ2v) is 10.1. The third kappa shape index (κ3) is 8.53. The van der Waals surface area contributed by atoms with Crippen LogP contribution in [0.4, 0.5) is 4.39 Å². The van der Waals surface area contributed by atoms with Crippen LogP contribution < -0.4 is 21.1 Å². The predicted octanol–water partition coefficient (Wildman–Crippen LogP) is 3.61. The number of aryl methyl sites for hydroxylation is 1. The van der Waals surface area contributed by atoms with E-state index < -0.39 is 11.7 Å². The first-order valence-corrected chi connectivity index (χ1v) is 13.3. The summed E-state index contributed by atoms with van der Waals surface area (Å²) in [5.41, 5.74) is 6.79. The van der Waals surface area contributed by atoms with Crippen LogP contribution >= 0.6 is 15.9 Å². The van der Waals surface area contributed by atoms with Crippen molar-refractivity contribution in [1.82, 2.24) is 15.5 Å². The van der Waals surface area contributed by atoms with Crippen molar-refractivity contribution in [3.8, 4) is 5.75 Å². The van der Waals surface area contributed by atoms with Crippen LogP contribution in [0.5, 0.6) is 5.75 Å². The van der Waals surface area contributed by atoms with Gasteiger partial charge in [-0.1, -0.05) is 22.0 Å². The molecule has 2 aromatic carbocycles. The summed E-state index contributed by atoms with van der Waals surface area (Å²) in [4.78, 5) is 26.5. The van der Waals surface area contributed by atoms with Crippen molar-refractivity contribution < 1.29 is 18.7 Å². The van der Waals surface area contributed by atoms with E-state index in [2.05, 4.69) is 31.5 Å². The minimum Gasteiger partial charge on any atom is -0.496 e. The number of ether oxygens (including phenoxy) is 1. The first-order chi connectivity index (χ1) is 17.8. The molecule has 10 heteroatoms. The molecular formula is C27H35BrFN5O3. The zero-order valence-electron chi connectivity index (χ0n) is 21.1. The highest BCUT2D eigenvalue weighted by Crippen LogP contribution is 2.25. The van der Waals surface area contributed by atoms with Crippen LogP contribution in [0.3, 0.4) is 0 Å². The van der Waals surface area contributed by atoms with Gasteiger partial charge in [0.1, 0.15) is 11.6 Å². The fourth-order valence-corrected chi connectivity index (χ4v) is 4.98. The lowest BCUT2D eigenvalue weighted by atomic mass is 9.96. The van der Waals surface area contributed by atoms with Crippen molar-refractivity contribution in [2.75, 3.05) is 33.3 Å². The van der Waals surface area contributed by atoms with Crippen LogP contribution in [0.1, 0.15) is 47.2 Å². The average Bonchev–Trinajstić information content (AvgIpc) is 2.88. The lowest BCUT2D eigenvalue weighted by Crippen LogP contribution is -2.41. The summed E-state index contributed by atoms with van der Waals surface area (Å²) >= 11 is 3.45. The number of methoxy groups -OCH3 is 1. The first kappa shape index (κ1) is 28.6. The van der Waals surface area contributed by atoms with Gasteiger partial charge in [0.2, 0.25) is 5.91 Å². The molecule has 1 saturated heterocycles. The summed E-state index contributed by atoms with van der Waals surface area (Å²) < 4.78 is 21.0. The minimum absolute atomic E-state index is 0.0102. The van der Waals surface area contributed by atoms with Gasteiger partial charge in [-0.25, -0.2) is 4.39 Å². The van der Waals surface area contributed by atoms with Gasteiger partial charge in [0.25, 0.3) is 5.91 Å². The summed E-state index contributed by atoms with van der Waals surface area (Å²) in [7, 11) is 1.58. The van der Waals surface area contributed by atoms with Gasteiger partial charge in [-0.15, -0.1) is 0 Å². The van der Waals surface area contributed by atoms with Crippen molar-refractivity contribution in [3.63, 3.8) is 0 Å². The molecule has 0 aromatic heterocycles. The quantitative estimate of drug-likeness (QED) is 0.185. The van der Waals surface area contributed by atoms with Gasteiger partial charge in [-0.3, -0.25) is 20.3 Å². The molecule has 1 aliphatic rings. The maximum Gasteiger partial charge on any atom is 0.258 e. The first-order valence-electron chi connectivity index (χ1n) is 12.5. The van der Waals surface area contributed by atoms with E-state index in [1.54, 1.807) is 13.2 Å². The molecule has 0 aliphatic carbocycles. The minimum atomic E-state index is -0.523. The predicted molar refractivity (Wildman–Crippen MR) is 145 cm³/mol. The van der Waals surface area contributed by atoms with Crippen molar-refractivity contribution in [1.29, 1.82) is 5.41 Å². The molecule has 0 atom stereocenters. The monoisotopic (exact) mass is 575 g/mol. The van der Waals surface area contributed by atoms with Crippen LogP contribution in [0, 0.1) is 17.1 Å². The SMILES string of the molecule is COc1ccc(Br)cc1CCc1c(F)cccc1C(=O)NC(=N)NCCCCN1CCC(C(N)=O)CC1. The van der Waals surface area contributed by atoms with Crippen LogP contribution in [0.2, 0.25) is 0 Å². The molecule has 37 heavy (non-hydrogen) atoms. The topological polar surface area (TPSA) is 121 Å². The summed E-state index contributed by atoms with van der Waals surface area (Å²) in [5.74, 6) is -0.613. The number of hydrogen-bond acceptors (Lipinski definition) is 5. The number of rotatable bonds is 11. The van der Waals surface area contributed by atoms with Gasteiger partial charge in [0.15, 0.2) is 5.96 Å². The van der Waals surface area contributed by atoms with Gasteiger partial charge in [0, 0.05) is 28.1 Å². The van der Waals surface area contributed by atoms with Crippen molar-refractivity contribution in [2.24, 2.45) is 11.7 Å². The Balaban J connectivity index is 1.45. The van der Waals surface area contributed by atoms with E-state index in [-0.39, 0.29) is 23.3 Å². The number of unbranched alkanes of at least 4 members (excludes halogenated alkanes) is 1. The lowest BCUT2D eigenvalue weighted by molar-refractivity contribution is -0.123.